The third kappa shape index (κ3) is 3.81. The minimum Gasteiger partial charge on any atom is -0.388 e. The van der Waals surface area contributed by atoms with Gasteiger partial charge >= 0.3 is 0 Å². The van der Waals surface area contributed by atoms with Crippen molar-refractivity contribution in [3.05, 3.63) is 34.9 Å². The van der Waals surface area contributed by atoms with Gasteiger partial charge in [0.15, 0.2) is 0 Å². The molecule has 0 spiro atoms. The second-order valence-electron chi connectivity index (χ2n) is 6.67. The molecule has 7 heteroatoms. The Labute approximate surface area is 152 Å². The van der Waals surface area contributed by atoms with E-state index in [1.54, 1.807) is 41.1 Å². The van der Waals surface area contributed by atoms with E-state index in [0.717, 1.165) is 0 Å². The Morgan fingerprint density at radius 2 is 1.92 bits per heavy atom. The van der Waals surface area contributed by atoms with Crippen LogP contribution in [0.2, 0.25) is 5.02 Å². The fourth-order valence-electron chi connectivity index (χ4n) is 3.49. The number of piperidine rings is 1. The molecule has 136 valence electrons. The van der Waals surface area contributed by atoms with Gasteiger partial charge in [-0.05, 0) is 25.0 Å². The second-order valence-corrected chi connectivity index (χ2v) is 7.07. The molecule has 2 atom stereocenters. The molecule has 2 aliphatic heterocycles. The predicted molar refractivity (Wildman–Crippen MR) is 93.5 cm³/mol. The summed E-state index contributed by atoms with van der Waals surface area (Å²) in [5.41, 5.74) is 0.497. The molecule has 2 fully saturated rings. The molecule has 1 N–H and O–H groups in total. The minimum absolute atomic E-state index is 0.0133. The smallest absolute Gasteiger partial charge is 0.255 e. The van der Waals surface area contributed by atoms with Crippen LogP contribution in [-0.4, -0.2) is 72.2 Å². The molecule has 0 saturated carbocycles. The average molecular weight is 367 g/mol. The molecule has 3 rings (SSSR count). The van der Waals surface area contributed by atoms with Crippen LogP contribution in [0.5, 0.6) is 0 Å². The van der Waals surface area contributed by atoms with Crippen LogP contribution in [0.15, 0.2) is 24.3 Å². The second kappa shape index (κ2) is 7.72. The lowest BCUT2D eigenvalue weighted by Crippen LogP contribution is -2.49. The number of likely N-dealkylation sites (N-methyl/N-ethyl adjacent to an activating group) is 1. The van der Waals surface area contributed by atoms with Crippen LogP contribution < -0.4 is 0 Å². The zero-order valence-electron chi connectivity index (χ0n) is 14.2. The first-order chi connectivity index (χ1) is 12.0. The number of nitrogens with zero attached hydrogens (tertiary/aromatic N) is 2. The SMILES string of the molecule is CN(C(=O)C1CCN(C(=O)c2ccccc2Cl)CC1)[C@H]1COC[C@@H]1O. The summed E-state index contributed by atoms with van der Waals surface area (Å²) in [4.78, 5) is 28.6. The van der Waals surface area contributed by atoms with Gasteiger partial charge in [0.2, 0.25) is 5.91 Å². The molecule has 6 nitrogen and oxygen atoms in total. The van der Waals surface area contributed by atoms with E-state index in [4.69, 9.17) is 16.3 Å². The van der Waals surface area contributed by atoms with Crippen molar-refractivity contribution in [1.82, 2.24) is 9.80 Å². The van der Waals surface area contributed by atoms with Crippen molar-refractivity contribution in [1.29, 1.82) is 0 Å². The molecule has 0 aromatic heterocycles. The van der Waals surface area contributed by atoms with Crippen molar-refractivity contribution in [2.24, 2.45) is 5.92 Å². The van der Waals surface area contributed by atoms with Crippen LogP contribution in [-0.2, 0) is 9.53 Å². The van der Waals surface area contributed by atoms with Crippen LogP contribution in [0.3, 0.4) is 0 Å². The third-order valence-corrected chi connectivity index (χ3v) is 5.43. The largest absolute Gasteiger partial charge is 0.388 e. The lowest BCUT2D eigenvalue weighted by Gasteiger charge is -2.35. The van der Waals surface area contributed by atoms with E-state index in [1.165, 1.54) is 0 Å². The van der Waals surface area contributed by atoms with Gasteiger partial charge in [0, 0.05) is 26.1 Å². The van der Waals surface area contributed by atoms with Crippen LogP contribution in [0.25, 0.3) is 0 Å². The molecule has 0 unspecified atom stereocenters. The first kappa shape index (κ1) is 18.2. The normalized spacial score (nSPS) is 24.4. The van der Waals surface area contributed by atoms with Gasteiger partial charge in [-0.2, -0.15) is 0 Å². The Bertz CT molecular complexity index is 646. The molecule has 25 heavy (non-hydrogen) atoms. The summed E-state index contributed by atoms with van der Waals surface area (Å²) in [5.74, 6) is -0.211. The number of carbonyl (C=O) groups excluding carboxylic acids is 2. The Balaban J connectivity index is 1.57. The van der Waals surface area contributed by atoms with Gasteiger partial charge in [-0.15, -0.1) is 0 Å². The van der Waals surface area contributed by atoms with Crippen molar-refractivity contribution in [2.75, 3.05) is 33.4 Å². The zero-order chi connectivity index (χ0) is 18.0. The number of ether oxygens (including phenoxy) is 1. The monoisotopic (exact) mass is 366 g/mol. The molecule has 2 saturated heterocycles. The van der Waals surface area contributed by atoms with Gasteiger partial charge in [-0.25, -0.2) is 0 Å². The van der Waals surface area contributed by atoms with Crippen molar-refractivity contribution in [3.63, 3.8) is 0 Å². The highest BCUT2D eigenvalue weighted by atomic mass is 35.5. The molecule has 2 aliphatic rings. The first-order valence-corrected chi connectivity index (χ1v) is 8.93. The Kier molecular flexibility index (Phi) is 5.61. The Hall–Kier alpha value is -1.63. The number of hydrogen-bond acceptors (Lipinski definition) is 4. The van der Waals surface area contributed by atoms with Crippen molar-refractivity contribution < 1.29 is 19.4 Å². The van der Waals surface area contributed by atoms with Crippen LogP contribution in [0.1, 0.15) is 23.2 Å². The Morgan fingerprint density at radius 3 is 2.52 bits per heavy atom. The molecule has 0 aliphatic carbocycles. The van der Waals surface area contributed by atoms with E-state index in [0.29, 0.717) is 43.1 Å². The molecule has 1 aromatic rings. The van der Waals surface area contributed by atoms with Gasteiger partial charge in [-0.1, -0.05) is 23.7 Å². The minimum atomic E-state index is -0.629. The maximum Gasteiger partial charge on any atom is 0.255 e. The molecule has 2 heterocycles. The molecule has 0 bridgehead atoms. The maximum atomic E-state index is 12.7. The number of aliphatic hydroxyl groups is 1. The van der Waals surface area contributed by atoms with Crippen molar-refractivity contribution >= 4 is 23.4 Å². The van der Waals surface area contributed by atoms with Gasteiger partial charge in [0.05, 0.1) is 35.9 Å². The average Bonchev–Trinajstić information content (AvgIpc) is 3.06. The number of hydrogen-bond donors (Lipinski definition) is 1. The standard InChI is InChI=1S/C18H23ClN2O4/c1-20(15-10-25-11-16(15)22)17(23)12-6-8-21(9-7-12)18(24)13-4-2-3-5-14(13)19/h2-5,12,15-16,22H,6-11H2,1H3/t15-,16-/m0/s1. The van der Waals surface area contributed by atoms with Crippen LogP contribution >= 0.6 is 11.6 Å². The maximum absolute atomic E-state index is 12.7. The number of likely N-dealkylation sites (tertiary alicyclic amines) is 1. The summed E-state index contributed by atoms with van der Waals surface area (Å²) >= 11 is 6.10. The van der Waals surface area contributed by atoms with Crippen LogP contribution in [0, 0.1) is 5.92 Å². The summed E-state index contributed by atoms with van der Waals surface area (Å²) in [5, 5.41) is 10.3. The van der Waals surface area contributed by atoms with Gasteiger partial charge in [0.25, 0.3) is 5.91 Å². The molecule has 0 radical (unpaired) electrons. The fourth-order valence-corrected chi connectivity index (χ4v) is 3.70. The highest BCUT2D eigenvalue weighted by molar-refractivity contribution is 6.33. The topological polar surface area (TPSA) is 70.1 Å². The fraction of sp³-hybridized carbons (Fsp3) is 0.556. The molecule has 2 amide bonds. The lowest BCUT2D eigenvalue weighted by atomic mass is 9.94. The highest BCUT2D eigenvalue weighted by Crippen LogP contribution is 2.25. The summed E-state index contributed by atoms with van der Waals surface area (Å²) < 4.78 is 5.23. The summed E-state index contributed by atoms with van der Waals surface area (Å²) in [6, 6.07) is 6.72. The number of rotatable bonds is 3. The number of carbonyl (C=O) groups is 2. The molecular formula is C18H23ClN2O4. The molecular weight excluding hydrogens is 344 g/mol. The summed E-state index contributed by atoms with van der Waals surface area (Å²) in [6.07, 6.45) is 0.599. The first-order valence-electron chi connectivity index (χ1n) is 8.55. The zero-order valence-corrected chi connectivity index (χ0v) is 15.0. The van der Waals surface area contributed by atoms with E-state index in [2.05, 4.69) is 0 Å². The van der Waals surface area contributed by atoms with E-state index in [-0.39, 0.29) is 30.4 Å². The summed E-state index contributed by atoms with van der Waals surface area (Å²) in [7, 11) is 1.71. The Morgan fingerprint density at radius 1 is 1.24 bits per heavy atom. The lowest BCUT2D eigenvalue weighted by molar-refractivity contribution is -0.139. The van der Waals surface area contributed by atoms with E-state index in [1.807, 2.05) is 0 Å². The van der Waals surface area contributed by atoms with Gasteiger partial charge in [-0.3, -0.25) is 9.59 Å². The molecule has 1 aromatic carbocycles. The third-order valence-electron chi connectivity index (χ3n) is 5.10. The number of amides is 2. The van der Waals surface area contributed by atoms with Gasteiger partial charge < -0.3 is 19.6 Å². The van der Waals surface area contributed by atoms with E-state index < -0.39 is 6.10 Å². The van der Waals surface area contributed by atoms with Crippen molar-refractivity contribution in [2.45, 2.75) is 25.0 Å². The van der Waals surface area contributed by atoms with Gasteiger partial charge in [0.1, 0.15) is 0 Å². The van der Waals surface area contributed by atoms with E-state index in [9.17, 15) is 14.7 Å². The highest BCUT2D eigenvalue weighted by Gasteiger charge is 2.36. The van der Waals surface area contributed by atoms with Crippen molar-refractivity contribution in [3.8, 4) is 0 Å². The quantitative estimate of drug-likeness (QED) is 0.878. The summed E-state index contributed by atoms with van der Waals surface area (Å²) in [6.45, 7) is 1.69. The van der Waals surface area contributed by atoms with E-state index >= 15 is 0 Å². The number of aliphatic hydroxyl groups excluding tert-OH is 1. The van der Waals surface area contributed by atoms with Crippen LogP contribution in [0.4, 0.5) is 0 Å². The predicted octanol–water partition coefficient (Wildman–Crippen LogP) is 1.41. The number of halogens is 1. The number of benzene rings is 1.